The van der Waals surface area contributed by atoms with Crippen LogP contribution in [0.15, 0.2) is 24.3 Å². The van der Waals surface area contributed by atoms with Crippen LogP contribution in [0.5, 0.6) is 0 Å². The van der Waals surface area contributed by atoms with Crippen molar-refractivity contribution in [1.82, 2.24) is 5.32 Å². The number of nitrogens with two attached hydrogens (primary N) is 1. The number of sulfone groups is 1. The first-order valence-corrected chi connectivity index (χ1v) is 8.49. The van der Waals surface area contributed by atoms with E-state index < -0.39 is 9.84 Å². The Labute approximate surface area is 123 Å². The molecule has 20 heavy (non-hydrogen) atoms. The molecule has 1 unspecified atom stereocenters. The summed E-state index contributed by atoms with van der Waals surface area (Å²) in [5, 5.41) is 2.76. The fourth-order valence-electron chi connectivity index (χ4n) is 2.16. The molecule has 1 aliphatic heterocycles. The van der Waals surface area contributed by atoms with Crippen LogP contribution in [-0.2, 0) is 9.84 Å². The number of amides is 1. The first kappa shape index (κ1) is 14.9. The molecule has 3 N–H and O–H groups in total. The van der Waals surface area contributed by atoms with Gasteiger partial charge in [-0.3, -0.25) is 4.79 Å². The van der Waals surface area contributed by atoms with Crippen LogP contribution in [0.4, 0.5) is 0 Å². The van der Waals surface area contributed by atoms with Gasteiger partial charge in [0.2, 0.25) is 0 Å². The highest BCUT2D eigenvalue weighted by molar-refractivity contribution is 7.91. The van der Waals surface area contributed by atoms with Crippen molar-refractivity contribution in [1.29, 1.82) is 0 Å². The highest BCUT2D eigenvalue weighted by atomic mass is 32.2. The van der Waals surface area contributed by atoms with Crippen LogP contribution >= 0.6 is 12.2 Å². The lowest BCUT2D eigenvalue weighted by atomic mass is 10.1. The van der Waals surface area contributed by atoms with Gasteiger partial charge in [0.25, 0.3) is 5.91 Å². The number of carbonyl (C=O) groups excluding carboxylic acids is 1. The van der Waals surface area contributed by atoms with E-state index >= 15 is 0 Å². The second-order valence-corrected chi connectivity index (χ2v) is 7.59. The molecule has 0 bridgehead atoms. The number of carbonyl (C=O) groups is 1. The lowest BCUT2D eigenvalue weighted by Gasteiger charge is -2.10. The average Bonchev–Trinajstić information content (AvgIpc) is 2.75. The maximum atomic E-state index is 11.9. The van der Waals surface area contributed by atoms with Crippen molar-refractivity contribution >= 4 is 33.0 Å². The van der Waals surface area contributed by atoms with E-state index in [9.17, 15) is 13.2 Å². The Bertz CT molecular complexity index is 624. The third-order valence-corrected chi connectivity index (χ3v) is 5.38. The Kier molecular flexibility index (Phi) is 4.39. The van der Waals surface area contributed by atoms with Gasteiger partial charge < -0.3 is 11.1 Å². The smallest absolute Gasteiger partial charge is 0.251 e. The SMILES string of the molecule is NC(=S)c1ccc(C(=O)NCC2CCS(=O)(=O)C2)cc1. The molecule has 1 aromatic carbocycles. The van der Waals surface area contributed by atoms with Gasteiger partial charge in [-0.2, -0.15) is 0 Å². The van der Waals surface area contributed by atoms with Crippen LogP contribution in [0.2, 0.25) is 0 Å². The summed E-state index contributed by atoms with van der Waals surface area (Å²) < 4.78 is 22.6. The Morgan fingerprint density at radius 3 is 2.40 bits per heavy atom. The van der Waals surface area contributed by atoms with E-state index in [1.807, 2.05) is 0 Å². The Morgan fingerprint density at radius 1 is 1.30 bits per heavy atom. The summed E-state index contributed by atoms with van der Waals surface area (Å²) in [6.07, 6.45) is 0.614. The largest absolute Gasteiger partial charge is 0.389 e. The Morgan fingerprint density at radius 2 is 1.90 bits per heavy atom. The highest BCUT2D eigenvalue weighted by Gasteiger charge is 2.27. The second kappa shape index (κ2) is 5.88. The van der Waals surface area contributed by atoms with Crippen LogP contribution in [-0.4, -0.2) is 37.4 Å². The van der Waals surface area contributed by atoms with E-state index in [-0.39, 0.29) is 28.3 Å². The molecule has 2 rings (SSSR count). The predicted molar refractivity (Wildman–Crippen MR) is 81.4 cm³/mol. The number of benzene rings is 1. The van der Waals surface area contributed by atoms with Crippen LogP contribution in [0.1, 0.15) is 22.3 Å². The molecular weight excluding hydrogens is 296 g/mol. The third kappa shape index (κ3) is 3.77. The summed E-state index contributed by atoms with van der Waals surface area (Å²) in [7, 11) is -2.90. The van der Waals surface area contributed by atoms with Crippen molar-refractivity contribution in [3.63, 3.8) is 0 Å². The molecule has 5 nitrogen and oxygen atoms in total. The molecule has 1 amide bonds. The fraction of sp³-hybridized carbons (Fsp3) is 0.385. The maximum absolute atomic E-state index is 11.9. The zero-order valence-electron chi connectivity index (χ0n) is 10.8. The van der Waals surface area contributed by atoms with Crippen LogP contribution < -0.4 is 11.1 Å². The van der Waals surface area contributed by atoms with E-state index in [1.165, 1.54) is 0 Å². The van der Waals surface area contributed by atoms with Gasteiger partial charge in [0.15, 0.2) is 9.84 Å². The summed E-state index contributed by atoms with van der Waals surface area (Å²) >= 11 is 4.84. The van der Waals surface area contributed by atoms with E-state index in [0.717, 1.165) is 0 Å². The van der Waals surface area contributed by atoms with Crippen molar-refractivity contribution < 1.29 is 13.2 Å². The van der Waals surface area contributed by atoms with Crippen molar-refractivity contribution in [2.24, 2.45) is 11.7 Å². The zero-order valence-corrected chi connectivity index (χ0v) is 12.5. The fourth-order valence-corrected chi connectivity index (χ4v) is 4.16. The van der Waals surface area contributed by atoms with Crippen molar-refractivity contribution in [3.05, 3.63) is 35.4 Å². The number of hydrogen-bond donors (Lipinski definition) is 2. The Hall–Kier alpha value is -1.47. The molecule has 1 aromatic rings. The van der Waals surface area contributed by atoms with Gasteiger partial charge in [-0.15, -0.1) is 0 Å². The summed E-state index contributed by atoms with van der Waals surface area (Å²) in [5.41, 5.74) is 6.69. The van der Waals surface area contributed by atoms with E-state index in [2.05, 4.69) is 5.32 Å². The van der Waals surface area contributed by atoms with Crippen molar-refractivity contribution in [2.75, 3.05) is 18.1 Å². The molecule has 108 valence electrons. The minimum atomic E-state index is -2.90. The molecule has 0 spiro atoms. The zero-order chi connectivity index (χ0) is 14.8. The lowest BCUT2D eigenvalue weighted by Crippen LogP contribution is -2.29. The molecule has 7 heteroatoms. The quantitative estimate of drug-likeness (QED) is 0.790. The summed E-state index contributed by atoms with van der Waals surface area (Å²) in [5.74, 6) is 0.174. The molecule has 0 aliphatic carbocycles. The normalized spacial score (nSPS) is 20.5. The highest BCUT2D eigenvalue weighted by Crippen LogP contribution is 2.17. The lowest BCUT2D eigenvalue weighted by molar-refractivity contribution is 0.0948. The van der Waals surface area contributed by atoms with E-state index in [0.29, 0.717) is 24.1 Å². The molecule has 1 aliphatic rings. The minimum absolute atomic E-state index is 0.0137. The standard InChI is InChI=1S/C13H16N2O3S2/c14-12(19)10-1-3-11(4-2-10)13(16)15-7-9-5-6-20(17,18)8-9/h1-4,9H,5-8H2,(H2,14,19)(H,15,16). The topological polar surface area (TPSA) is 89.3 Å². The van der Waals surface area contributed by atoms with E-state index in [4.69, 9.17) is 18.0 Å². The summed E-state index contributed by atoms with van der Waals surface area (Å²) in [4.78, 5) is 12.2. The Balaban J connectivity index is 1.90. The van der Waals surface area contributed by atoms with E-state index in [1.54, 1.807) is 24.3 Å². The third-order valence-electron chi connectivity index (χ3n) is 3.31. The van der Waals surface area contributed by atoms with Crippen molar-refractivity contribution in [2.45, 2.75) is 6.42 Å². The number of nitrogens with one attached hydrogen (secondary N) is 1. The van der Waals surface area contributed by atoms with Gasteiger partial charge in [0, 0.05) is 17.7 Å². The summed E-state index contributed by atoms with van der Waals surface area (Å²) in [6.45, 7) is 0.384. The summed E-state index contributed by atoms with van der Waals surface area (Å²) in [6, 6.07) is 6.68. The molecule has 1 heterocycles. The van der Waals surface area contributed by atoms with Gasteiger partial charge >= 0.3 is 0 Å². The van der Waals surface area contributed by atoms with Gasteiger partial charge in [-0.05, 0) is 24.5 Å². The molecule has 0 radical (unpaired) electrons. The maximum Gasteiger partial charge on any atom is 0.251 e. The van der Waals surface area contributed by atoms with Gasteiger partial charge in [0.05, 0.1) is 11.5 Å². The predicted octanol–water partition coefficient (Wildman–Crippen LogP) is 0.485. The van der Waals surface area contributed by atoms with Gasteiger partial charge in [-0.1, -0.05) is 24.4 Å². The molecule has 1 saturated heterocycles. The van der Waals surface area contributed by atoms with Gasteiger partial charge in [0.1, 0.15) is 4.99 Å². The van der Waals surface area contributed by atoms with Crippen molar-refractivity contribution in [3.8, 4) is 0 Å². The number of hydrogen-bond acceptors (Lipinski definition) is 4. The van der Waals surface area contributed by atoms with Gasteiger partial charge in [-0.25, -0.2) is 8.42 Å². The van der Waals surface area contributed by atoms with Crippen LogP contribution in [0.3, 0.4) is 0 Å². The van der Waals surface area contributed by atoms with Crippen LogP contribution in [0, 0.1) is 5.92 Å². The minimum Gasteiger partial charge on any atom is -0.389 e. The second-order valence-electron chi connectivity index (χ2n) is 4.92. The first-order chi connectivity index (χ1) is 9.37. The molecule has 1 atom stereocenters. The monoisotopic (exact) mass is 312 g/mol. The first-order valence-electron chi connectivity index (χ1n) is 6.26. The average molecular weight is 312 g/mol. The molecule has 0 saturated carbocycles. The molecule has 1 fully saturated rings. The number of rotatable bonds is 4. The molecular formula is C13H16N2O3S2. The van der Waals surface area contributed by atoms with Crippen LogP contribution in [0.25, 0.3) is 0 Å². The molecule has 0 aromatic heterocycles. The number of thiocarbonyl (C=S) groups is 1.